The van der Waals surface area contributed by atoms with Crippen molar-refractivity contribution in [1.29, 1.82) is 0 Å². The third-order valence-corrected chi connectivity index (χ3v) is 3.69. The van der Waals surface area contributed by atoms with Crippen LogP contribution in [0.5, 0.6) is 0 Å². The summed E-state index contributed by atoms with van der Waals surface area (Å²) in [6, 6.07) is 14.7. The van der Waals surface area contributed by atoms with E-state index in [1.165, 1.54) is 11.1 Å². The molecule has 0 saturated heterocycles. The van der Waals surface area contributed by atoms with Crippen LogP contribution in [0, 0.1) is 0 Å². The molecule has 102 valence electrons. The fourth-order valence-corrected chi connectivity index (χ4v) is 2.31. The molecule has 1 aromatic heterocycles. The van der Waals surface area contributed by atoms with E-state index in [9.17, 15) is 0 Å². The molecule has 2 heteroatoms. The normalized spacial score (nSPS) is 11.4. The highest BCUT2D eigenvalue weighted by atomic mass is 16.3. The number of nitrogens with zero attached hydrogens (tertiary/aromatic N) is 1. The Hall–Kier alpha value is -2.09. The lowest BCUT2D eigenvalue weighted by Crippen LogP contribution is -1.85. The first-order chi connectivity index (χ1) is 9.67. The first kappa shape index (κ1) is 12.9. The molecule has 20 heavy (non-hydrogen) atoms. The van der Waals surface area contributed by atoms with Crippen LogP contribution in [0.4, 0.5) is 0 Å². The van der Waals surface area contributed by atoms with E-state index in [1.54, 1.807) is 0 Å². The van der Waals surface area contributed by atoms with Crippen LogP contribution in [0.25, 0.3) is 22.6 Å². The number of hydrogen-bond acceptors (Lipinski definition) is 2. The van der Waals surface area contributed by atoms with Crippen molar-refractivity contribution < 1.29 is 4.42 Å². The van der Waals surface area contributed by atoms with E-state index in [-0.39, 0.29) is 0 Å². The Kier molecular flexibility index (Phi) is 3.31. The first-order valence-electron chi connectivity index (χ1n) is 7.17. The van der Waals surface area contributed by atoms with Crippen LogP contribution in [0.15, 0.2) is 46.9 Å². The molecule has 0 radical (unpaired) electrons. The Labute approximate surface area is 119 Å². The second-order valence-corrected chi connectivity index (χ2v) is 5.45. The molecule has 0 atom stereocenters. The molecule has 0 aliphatic carbocycles. The Morgan fingerprint density at radius 1 is 1.05 bits per heavy atom. The van der Waals surface area contributed by atoms with Crippen molar-refractivity contribution in [3.8, 4) is 11.5 Å². The van der Waals surface area contributed by atoms with Gasteiger partial charge in [-0.05, 0) is 47.7 Å². The Bertz CT molecular complexity index is 723. The Morgan fingerprint density at radius 2 is 1.80 bits per heavy atom. The van der Waals surface area contributed by atoms with Gasteiger partial charge >= 0.3 is 0 Å². The first-order valence-corrected chi connectivity index (χ1v) is 7.17. The molecule has 0 unspecified atom stereocenters. The molecule has 0 saturated carbocycles. The SMILES string of the molecule is CCc1ccc(-c2nc3cc(C(C)C)ccc3o2)cc1. The summed E-state index contributed by atoms with van der Waals surface area (Å²) >= 11 is 0. The molecule has 0 aliphatic heterocycles. The maximum absolute atomic E-state index is 5.85. The van der Waals surface area contributed by atoms with Gasteiger partial charge in [-0.2, -0.15) is 0 Å². The summed E-state index contributed by atoms with van der Waals surface area (Å²) in [6.07, 6.45) is 1.05. The van der Waals surface area contributed by atoms with Crippen molar-refractivity contribution in [1.82, 2.24) is 4.98 Å². The summed E-state index contributed by atoms with van der Waals surface area (Å²) < 4.78 is 5.85. The number of hydrogen-bond donors (Lipinski definition) is 0. The smallest absolute Gasteiger partial charge is 0.227 e. The number of aromatic nitrogens is 1. The van der Waals surface area contributed by atoms with Crippen LogP contribution < -0.4 is 0 Å². The molecule has 0 N–H and O–H groups in total. The van der Waals surface area contributed by atoms with Crippen LogP contribution in [-0.4, -0.2) is 4.98 Å². The zero-order valence-corrected chi connectivity index (χ0v) is 12.2. The van der Waals surface area contributed by atoms with Gasteiger partial charge in [-0.3, -0.25) is 0 Å². The van der Waals surface area contributed by atoms with E-state index in [2.05, 4.69) is 62.2 Å². The van der Waals surface area contributed by atoms with Gasteiger partial charge in [-0.25, -0.2) is 4.98 Å². The zero-order valence-electron chi connectivity index (χ0n) is 12.2. The third-order valence-electron chi connectivity index (χ3n) is 3.69. The number of oxazole rings is 1. The molecule has 0 amide bonds. The molecule has 0 bridgehead atoms. The van der Waals surface area contributed by atoms with Crippen LogP contribution in [0.1, 0.15) is 37.8 Å². The Balaban J connectivity index is 2.03. The van der Waals surface area contributed by atoms with Crippen molar-refractivity contribution in [3.63, 3.8) is 0 Å². The topological polar surface area (TPSA) is 26.0 Å². The van der Waals surface area contributed by atoms with E-state index in [1.807, 2.05) is 6.07 Å². The van der Waals surface area contributed by atoms with Gasteiger partial charge in [0, 0.05) is 5.56 Å². The molecule has 0 spiro atoms. The molecule has 2 nitrogen and oxygen atoms in total. The van der Waals surface area contributed by atoms with E-state index in [0.29, 0.717) is 11.8 Å². The summed E-state index contributed by atoms with van der Waals surface area (Å²) in [5.41, 5.74) is 5.44. The summed E-state index contributed by atoms with van der Waals surface area (Å²) in [6.45, 7) is 6.53. The maximum Gasteiger partial charge on any atom is 0.227 e. The van der Waals surface area contributed by atoms with Gasteiger partial charge in [0.2, 0.25) is 5.89 Å². The minimum atomic E-state index is 0.503. The van der Waals surface area contributed by atoms with Crippen molar-refractivity contribution in [2.75, 3.05) is 0 Å². The van der Waals surface area contributed by atoms with Gasteiger partial charge in [0.25, 0.3) is 0 Å². The predicted octanol–water partition coefficient (Wildman–Crippen LogP) is 5.18. The molecule has 3 rings (SSSR count). The highest BCUT2D eigenvalue weighted by Crippen LogP contribution is 2.27. The van der Waals surface area contributed by atoms with Gasteiger partial charge in [-0.15, -0.1) is 0 Å². The summed E-state index contributed by atoms with van der Waals surface area (Å²) in [5.74, 6) is 1.20. The fraction of sp³-hybridized carbons (Fsp3) is 0.278. The molecular weight excluding hydrogens is 246 g/mol. The number of aryl methyl sites for hydroxylation is 1. The highest BCUT2D eigenvalue weighted by molar-refractivity contribution is 5.77. The highest BCUT2D eigenvalue weighted by Gasteiger charge is 2.09. The lowest BCUT2D eigenvalue weighted by molar-refractivity contribution is 0.619. The molecule has 3 aromatic rings. The quantitative estimate of drug-likeness (QED) is 0.652. The second kappa shape index (κ2) is 5.12. The molecular formula is C18H19NO. The van der Waals surface area contributed by atoms with E-state index in [0.717, 1.165) is 23.1 Å². The van der Waals surface area contributed by atoms with Crippen LogP contribution in [-0.2, 0) is 6.42 Å². The van der Waals surface area contributed by atoms with Crippen LogP contribution in [0.2, 0.25) is 0 Å². The van der Waals surface area contributed by atoms with Gasteiger partial charge in [0.15, 0.2) is 5.58 Å². The van der Waals surface area contributed by atoms with Crippen LogP contribution >= 0.6 is 0 Å². The lowest BCUT2D eigenvalue weighted by Gasteiger charge is -2.02. The lowest BCUT2D eigenvalue weighted by atomic mass is 10.0. The minimum Gasteiger partial charge on any atom is -0.436 e. The van der Waals surface area contributed by atoms with E-state index < -0.39 is 0 Å². The van der Waals surface area contributed by atoms with Crippen molar-refractivity contribution in [2.45, 2.75) is 33.1 Å². The zero-order chi connectivity index (χ0) is 14.1. The van der Waals surface area contributed by atoms with E-state index >= 15 is 0 Å². The molecule has 2 aromatic carbocycles. The Morgan fingerprint density at radius 3 is 2.45 bits per heavy atom. The summed E-state index contributed by atoms with van der Waals surface area (Å²) in [5, 5.41) is 0. The maximum atomic E-state index is 5.85. The average Bonchev–Trinajstić information content (AvgIpc) is 2.90. The second-order valence-electron chi connectivity index (χ2n) is 5.45. The molecule has 0 fully saturated rings. The van der Waals surface area contributed by atoms with Gasteiger partial charge in [0.1, 0.15) is 5.52 Å². The molecule has 1 heterocycles. The average molecular weight is 265 g/mol. The minimum absolute atomic E-state index is 0.503. The fourth-order valence-electron chi connectivity index (χ4n) is 2.31. The van der Waals surface area contributed by atoms with Gasteiger partial charge < -0.3 is 4.42 Å². The van der Waals surface area contributed by atoms with Gasteiger partial charge in [0.05, 0.1) is 0 Å². The van der Waals surface area contributed by atoms with Crippen molar-refractivity contribution in [2.24, 2.45) is 0 Å². The van der Waals surface area contributed by atoms with Gasteiger partial charge in [-0.1, -0.05) is 39.0 Å². The molecule has 0 aliphatic rings. The predicted molar refractivity (Wildman–Crippen MR) is 82.9 cm³/mol. The van der Waals surface area contributed by atoms with Crippen molar-refractivity contribution >= 4 is 11.1 Å². The summed E-state index contributed by atoms with van der Waals surface area (Å²) in [4.78, 5) is 4.61. The standard InChI is InChI=1S/C18H19NO/c1-4-13-5-7-14(8-6-13)18-19-16-11-15(12(2)3)9-10-17(16)20-18/h5-12H,4H2,1-3H3. The number of benzene rings is 2. The number of fused-ring (bicyclic) bond motifs is 1. The van der Waals surface area contributed by atoms with Crippen molar-refractivity contribution in [3.05, 3.63) is 53.6 Å². The largest absolute Gasteiger partial charge is 0.436 e. The monoisotopic (exact) mass is 265 g/mol. The number of rotatable bonds is 3. The summed E-state index contributed by atoms with van der Waals surface area (Å²) in [7, 11) is 0. The van der Waals surface area contributed by atoms with E-state index in [4.69, 9.17) is 4.42 Å². The van der Waals surface area contributed by atoms with Crippen LogP contribution in [0.3, 0.4) is 0 Å². The third kappa shape index (κ3) is 2.34.